The zero-order valence-electron chi connectivity index (χ0n) is 16.6. The van der Waals surface area contributed by atoms with Gasteiger partial charge in [0.15, 0.2) is 21.3 Å². The minimum Gasteiger partial charge on any atom is -0.350 e. The Balaban J connectivity index is 1.59. The van der Waals surface area contributed by atoms with Crippen LogP contribution in [-0.4, -0.2) is 33.0 Å². The minimum absolute atomic E-state index is 0.0173. The summed E-state index contributed by atoms with van der Waals surface area (Å²) in [4.78, 5) is 35.5. The third-order valence-corrected chi connectivity index (χ3v) is 6.25. The monoisotopic (exact) mass is 451 g/mol. The van der Waals surface area contributed by atoms with E-state index in [2.05, 4.69) is 15.3 Å². The number of aromatic nitrogens is 3. The second-order valence-electron chi connectivity index (χ2n) is 7.13. The number of alkyl halides is 2. The maximum absolute atomic E-state index is 13.8. The molecule has 1 unspecified atom stereocenters. The average molecular weight is 451 g/mol. The predicted octanol–water partition coefficient (Wildman–Crippen LogP) is 3.23. The number of rotatable bonds is 6. The average Bonchev–Trinajstić information content (AvgIpc) is 3.40. The second-order valence-corrected chi connectivity index (χ2v) is 8.09. The summed E-state index contributed by atoms with van der Waals surface area (Å²) in [6, 6.07) is 5.65. The molecule has 0 radical (unpaired) electrons. The lowest BCUT2D eigenvalue weighted by molar-refractivity contribution is -0.122. The molecule has 0 aliphatic carbocycles. The summed E-state index contributed by atoms with van der Waals surface area (Å²) in [6.07, 6.45) is -1.59. The number of nitrogens with one attached hydrogen (secondary N) is 1. The fraction of sp³-hybridized carbons (Fsp3) is 0.400. The first kappa shape index (κ1) is 21.3. The van der Waals surface area contributed by atoms with Crippen molar-refractivity contribution < 1.29 is 18.0 Å². The molecule has 1 N–H and O–H groups in total. The van der Waals surface area contributed by atoms with E-state index in [4.69, 9.17) is 0 Å². The van der Waals surface area contributed by atoms with Crippen molar-refractivity contribution in [2.75, 3.05) is 11.4 Å². The van der Waals surface area contributed by atoms with Crippen LogP contribution >= 0.6 is 11.3 Å². The second kappa shape index (κ2) is 8.66. The van der Waals surface area contributed by atoms with Gasteiger partial charge in [-0.05, 0) is 25.8 Å². The quantitative estimate of drug-likeness (QED) is 0.623. The molecule has 0 bridgehead atoms. The maximum atomic E-state index is 13.8. The minimum atomic E-state index is -2.88. The molecule has 3 aromatic rings. The molecule has 4 rings (SSSR count). The highest BCUT2D eigenvalue weighted by Gasteiger charge is 2.33. The van der Waals surface area contributed by atoms with Gasteiger partial charge in [-0.15, -0.1) is 0 Å². The summed E-state index contributed by atoms with van der Waals surface area (Å²) >= 11 is 1.01. The molecule has 1 aliphatic heterocycles. The van der Waals surface area contributed by atoms with E-state index in [0.717, 1.165) is 22.3 Å². The first-order valence-corrected chi connectivity index (χ1v) is 10.7. The van der Waals surface area contributed by atoms with Gasteiger partial charge in [-0.25, -0.2) is 23.1 Å². The van der Waals surface area contributed by atoms with Crippen LogP contribution in [0.15, 0.2) is 29.1 Å². The van der Waals surface area contributed by atoms with Gasteiger partial charge in [-0.3, -0.25) is 14.2 Å². The van der Waals surface area contributed by atoms with Crippen molar-refractivity contribution in [3.8, 4) is 0 Å². The molecule has 1 saturated heterocycles. The van der Waals surface area contributed by atoms with Gasteiger partial charge in [0, 0.05) is 25.2 Å². The van der Waals surface area contributed by atoms with Crippen LogP contribution in [0.2, 0.25) is 0 Å². The number of halogens is 3. The van der Waals surface area contributed by atoms with E-state index >= 15 is 0 Å². The summed E-state index contributed by atoms with van der Waals surface area (Å²) in [6.45, 7) is 2.22. The summed E-state index contributed by atoms with van der Waals surface area (Å²) in [5.41, 5.74) is -0.224. The van der Waals surface area contributed by atoms with Crippen molar-refractivity contribution in [1.82, 2.24) is 19.9 Å². The van der Waals surface area contributed by atoms with Crippen molar-refractivity contribution in [2.24, 2.45) is 0 Å². The van der Waals surface area contributed by atoms with Crippen molar-refractivity contribution in [1.29, 1.82) is 0 Å². The van der Waals surface area contributed by atoms with Crippen LogP contribution in [0.1, 0.15) is 37.6 Å². The third kappa shape index (κ3) is 4.01. The topological polar surface area (TPSA) is 80.1 Å². The number of carbonyl (C=O) groups is 1. The molecule has 1 aliphatic rings. The van der Waals surface area contributed by atoms with Crippen LogP contribution in [0, 0.1) is 5.82 Å². The lowest BCUT2D eigenvalue weighted by Crippen LogP contribution is -2.43. The van der Waals surface area contributed by atoms with Gasteiger partial charge in [0.25, 0.3) is 12.0 Å². The number of amides is 1. The van der Waals surface area contributed by atoms with Gasteiger partial charge in [-0.1, -0.05) is 29.5 Å². The highest BCUT2D eigenvalue weighted by molar-refractivity contribution is 7.21. The molecule has 7 nitrogen and oxygen atoms in total. The molecule has 1 atom stereocenters. The fourth-order valence-electron chi connectivity index (χ4n) is 3.72. The van der Waals surface area contributed by atoms with Crippen LogP contribution < -0.4 is 15.8 Å². The Morgan fingerprint density at radius 2 is 2.10 bits per heavy atom. The van der Waals surface area contributed by atoms with E-state index in [1.165, 1.54) is 6.07 Å². The predicted molar refractivity (Wildman–Crippen MR) is 111 cm³/mol. The summed E-state index contributed by atoms with van der Waals surface area (Å²) in [7, 11) is 0. The van der Waals surface area contributed by atoms with Crippen molar-refractivity contribution in [3.05, 3.63) is 51.8 Å². The lowest BCUT2D eigenvalue weighted by atomic mass is 10.2. The Morgan fingerprint density at radius 1 is 1.32 bits per heavy atom. The number of hydrogen-bond acceptors (Lipinski definition) is 6. The standard InChI is InChI=1S/C20H20F3N5O2S/c1-2-27-16(15(22)23)26-18-14(19(27)30)25-20(31-18)28-9-5-8-13(28)17(29)24-10-11-6-3-4-7-12(11)21/h3-4,6-7,13,15H,2,5,8-10H2,1H3,(H,24,29). The van der Waals surface area contributed by atoms with Crippen molar-refractivity contribution in [2.45, 2.75) is 45.3 Å². The summed E-state index contributed by atoms with van der Waals surface area (Å²) < 4.78 is 41.4. The Labute approximate surface area is 179 Å². The number of nitrogens with zero attached hydrogens (tertiary/aromatic N) is 4. The summed E-state index contributed by atoms with van der Waals surface area (Å²) in [5, 5.41) is 3.13. The molecular weight excluding hydrogens is 431 g/mol. The summed E-state index contributed by atoms with van der Waals surface area (Å²) in [5.74, 6) is -1.27. The number of hydrogen-bond donors (Lipinski definition) is 1. The molecule has 3 heterocycles. The van der Waals surface area contributed by atoms with Gasteiger partial charge >= 0.3 is 0 Å². The van der Waals surface area contributed by atoms with Crippen LogP contribution in [0.5, 0.6) is 0 Å². The highest BCUT2D eigenvalue weighted by atomic mass is 32.1. The van der Waals surface area contributed by atoms with Gasteiger partial charge in [0.05, 0.1) is 0 Å². The number of fused-ring (bicyclic) bond motifs is 1. The molecule has 1 amide bonds. The first-order valence-electron chi connectivity index (χ1n) is 9.87. The van der Waals surface area contributed by atoms with E-state index in [0.29, 0.717) is 23.7 Å². The van der Waals surface area contributed by atoms with Crippen molar-refractivity contribution in [3.63, 3.8) is 0 Å². The van der Waals surface area contributed by atoms with E-state index in [1.807, 2.05) is 0 Å². The zero-order chi connectivity index (χ0) is 22.1. The molecule has 164 valence electrons. The van der Waals surface area contributed by atoms with E-state index in [-0.39, 0.29) is 29.3 Å². The number of anilines is 1. The first-order chi connectivity index (χ1) is 14.9. The number of benzene rings is 1. The lowest BCUT2D eigenvalue weighted by Gasteiger charge is -2.23. The molecule has 11 heteroatoms. The van der Waals surface area contributed by atoms with Gasteiger partial charge < -0.3 is 10.2 Å². The Hall–Kier alpha value is -2.95. The van der Waals surface area contributed by atoms with E-state index in [9.17, 15) is 22.8 Å². The van der Waals surface area contributed by atoms with Crippen LogP contribution in [0.3, 0.4) is 0 Å². The smallest absolute Gasteiger partial charge is 0.295 e. The third-order valence-electron chi connectivity index (χ3n) is 5.26. The van der Waals surface area contributed by atoms with E-state index < -0.39 is 29.7 Å². The normalized spacial score (nSPS) is 16.4. The Bertz CT molecular complexity index is 1180. The Kier molecular flexibility index (Phi) is 5.94. The van der Waals surface area contributed by atoms with Gasteiger partial charge in [-0.2, -0.15) is 0 Å². The van der Waals surface area contributed by atoms with E-state index in [1.54, 1.807) is 30.0 Å². The molecule has 31 heavy (non-hydrogen) atoms. The van der Waals surface area contributed by atoms with Crippen LogP contribution in [-0.2, 0) is 17.9 Å². The van der Waals surface area contributed by atoms with Crippen LogP contribution in [0.4, 0.5) is 18.3 Å². The van der Waals surface area contributed by atoms with Gasteiger partial charge in [0.2, 0.25) is 5.91 Å². The molecular formula is C20H20F3N5O2S. The molecule has 0 spiro atoms. The largest absolute Gasteiger partial charge is 0.350 e. The molecule has 1 fully saturated rings. The van der Waals surface area contributed by atoms with Crippen LogP contribution in [0.25, 0.3) is 10.3 Å². The zero-order valence-corrected chi connectivity index (χ0v) is 17.5. The molecule has 2 aromatic heterocycles. The number of carbonyl (C=O) groups excluding carboxylic acids is 1. The number of thiazole rings is 1. The molecule has 1 aromatic carbocycles. The Morgan fingerprint density at radius 3 is 2.81 bits per heavy atom. The van der Waals surface area contributed by atoms with Gasteiger partial charge in [0.1, 0.15) is 11.9 Å². The maximum Gasteiger partial charge on any atom is 0.295 e. The highest BCUT2D eigenvalue weighted by Crippen LogP contribution is 2.32. The van der Waals surface area contributed by atoms with Crippen molar-refractivity contribution >= 4 is 32.7 Å². The SMILES string of the molecule is CCn1c(C(F)F)nc2sc(N3CCCC3C(=O)NCc3ccccc3F)nc2c1=O. The fourth-order valence-corrected chi connectivity index (χ4v) is 4.73. The molecule has 0 saturated carbocycles.